The highest BCUT2D eigenvalue weighted by Gasteiger charge is 2.36. The molecule has 1 aliphatic rings. The van der Waals surface area contributed by atoms with E-state index < -0.39 is 0 Å². The Kier molecular flexibility index (Phi) is 3.88. The van der Waals surface area contributed by atoms with Gasteiger partial charge in [-0.05, 0) is 50.5 Å². The molecule has 0 atom stereocenters. The zero-order valence-corrected chi connectivity index (χ0v) is 11.5. The second kappa shape index (κ2) is 5.25. The summed E-state index contributed by atoms with van der Waals surface area (Å²) in [5.74, 6) is 1.83. The van der Waals surface area contributed by atoms with Crippen LogP contribution in [0.15, 0.2) is 24.4 Å². The maximum Gasteiger partial charge on any atom is 0.413 e. The first-order valence-corrected chi connectivity index (χ1v) is 6.86. The van der Waals surface area contributed by atoms with Gasteiger partial charge in [0.15, 0.2) is 0 Å². The highest BCUT2D eigenvalue weighted by Crippen LogP contribution is 2.37. The van der Waals surface area contributed by atoms with Crippen LogP contribution in [-0.4, -0.2) is 5.60 Å². The van der Waals surface area contributed by atoms with E-state index in [1.54, 1.807) is 18.2 Å². The molecular weight excluding hydrogens is 229 g/mol. The van der Waals surface area contributed by atoms with Gasteiger partial charge in [-0.3, -0.25) is 0 Å². The van der Waals surface area contributed by atoms with Gasteiger partial charge in [-0.25, -0.2) is 0 Å². The van der Waals surface area contributed by atoms with E-state index in [4.69, 9.17) is 4.74 Å². The fourth-order valence-corrected chi connectivity index (χ4v) is 2.76. The molecule has 0 amide bonds. The van der Waals surface area contributed by atoms with Crippen molar-refractivity contribution < 1.29 is 14.0 Å². The van der Waals surface area contributed by atoms with Crippen LogP contribution in [-0.2, 0) is 0 Å². The molecule has 0 spiro atoms. The monoisotopic (exact) mass is 252 g/mol. The molecule has 1 aliphatic carbocycles. The Morgan fingerprint density at radius 2 is 2.00 bits per heavy atom. The summed E-state index contributed by atoms with van der Waals surface area (Å²) in [5.41, 5.74) is -0.222. The minimum atomic E-state index is -0.222. The minimum Gasteiger partial charge on any atom is -0.435 e. The van der Waals surface area contributed by atoms with Gasteiger partial charge < -0.3 is 4.74 Å². The van der Waals surface area contributed by atoms with Crippen LogP contribution < -0.4 is 9.53 Å². The van der Waals surface area contributed by atoms with Crippen molar-refractivity contribution in [3.8, 4) is 5.88 Å². The van der Waals surface area contributed by atoms with Gasteiger partial charge in [-0.15, -0.1) is 0 Å². The molecule has 0 aliphatic heterocycles. The van der Waals surface area contributed by atoms with Gasteiger partial charge in [0.05, 0.1) is 15.3 Å². The number of hydrogen-bond acceptors (Lipinski definition) is 1. The molecule has 1 aromatic rings. The fourth-order valence-electron chi connectivity index (χ4n) is 2.76. The van der Waals surface area contributed by atoms with Gasteiger partial charge in [0.2, 0.25) is 6.20 Å². The van der Waals surface area contributed by atoms with Gasteiger partial charge in [-0.1, -0.05) is 13.8 Å². The Morgan fingerprint density at radius 1 is 1.33 bits per heavy atom. The molecule has 3 heteroatoms. The van der Waals surface area contributed by atoms with Crippen molar-refractivity contribution in [2.24, 2.45) is 11.8 Å². The van der Waals surface area contributed by atoms with Crippen LogP contribution in [0.1, 0.15) is 46.5 Å². The summed E-state index contributed by atoms with van der Waals surface area (Å²) in [4.78, 5) is 0.555. The first-order valence-electron chi connectivity index (χ1n) is 6.86. The predicted molar refractivity (Wildman–Crippen MR) is 69.0 cm³/mol. The molecular formula is C15H23FNO+. The molecule has 0 bridgehead atoms. The van der Waals surface area contributed by atoms with Gasteiger partial charge in [0.1, 0.15) is 5.60 Å². The van der Waals surface area contributed by atoms with Crippen LogP contribution in [0, 0.1) is 11.8 Å². The average molecular weight is 252 g/mol. The lowest BCUT2D eigenvalue weighted by atomic mass is 9.75. The third kappa shape index (κ3) is 3.01. The number of rotatable bonds is 3. The Hall–Kier alpha value is -1.12. The van der Waals surface area contributed by atoms with Crippen LogP contribution in [0.2, 0.25) is 0 Å². The molecule has 100 valence electrons. The quantitative estimate of drug-likeness (QED) is 0.799. The molecule has 0 saturated heterocycles. The van der Waals surface area contributed by atoms with Gasteiger partial charge in [0, 0.05) is 6.07 Å². The van der Waals surface area contributed by atoms with Crippen molar-refractivity contribution >= 4 is 0 Å². The normalized spacial score (nSPS) is 28.4. The van der Waals surface area contributed by atoms with E-state index in [1.165, 1.54) is 19.0 Å². The van der Waals surface area contributed by atoms with Gasteiger partial charge in [-0.2, -0.15) is 0 Å². The molecule has 1 saturated carbocycles. The number of pyridine rings is 1. The van der Waals surface area contributed by atoms with Crippen molar-refractivity contribution in [1.29, 1.82) is 0 Å². The molecule has 1 fully saturated rings. The summed E-state index contributed by atoms with van der Waals surface area (Å²) in [5, 5.41) is 0. The first-order chi connectivity index (χ1) is 8.50. The molecule has 1 heterocycles. The molecule has 2 rings (SSSR count). The molecule has 1 aromatic heterocycles. The zero-order valence-electron chi connectivity index (χ0n) is 11.5. The van der Waals surface area contributed by atoms with Crippen molar-refractivity contribution in [2.75, 3.05) is 0 Å². The Balaban J connectivity index is 2.00. The second-order valence-electron chi connectivity index (χ2n) is 5.98. The maximum atomic E-state index is 13.5. The van der Waals surface area contributed by atoms with Crippen LogP contribution in [0.25, 0.3) is 0 Å². The van der Waals surface area contributed by atoms with Gasteiger partial charge >= 0.3 is 5.88 Å². The molecule has 0 N–H and O–H groups in total. The number of ether oxygens (including phenoxy) is 1. The lowest BCUT2D eigenvalue weighted by Gasteiger charge is -2.37. The first kappa shape index (κ1) is 13.3. The van der Waals surface area contributed by atoms with E-state index in [9.17, 15) is 4.48 Å². The van der Waals surface area contributed by atoms with Gasteiger partial charge in [0.25, 0.3) is 0 Å². The van der Waals surface area contributed by atoms with E-state index in [2.05, 4.69) is 20.8 Å². The second-order valence-corrected chi connectivity index (χ2v) is 5.98. The van der Waals surface area contributed by atoms with Crippen LogP contribution in [0.4, 0.5) is 4.48 Å². The highest BCUT2D eigenvalue weighted by molar-refractivity contribution is 5.04. The van der Waals surface area contributed by atoms with Crippen LogP contribution in [0.5, 0.6) is 5.88 Å². The summed E-state index contributed by atoms with van der Waals surface area (Å²) >= 11 is 0. The summed E-state index contributed by atoms with van der Waals surface area (Å²) in [6, 6.07) is 5.14. The highest BCUT2D eigenvalue weighted by atomic mass is 19.2. The van der Waals surface area contributed by atoms with E-state index in [0.717, 1.165) is 24.7 Å². The van der Waals surface area contributed by atoms with Crippen LogP contribution >= 0.6 is 0 Å². The fraction of sp³-hybridized carbons (Fsp3) is 0.667. The van der Waals surface area contributed by atoms with Crippen molar-refractivity contribution in [2.45, 2.75) is 52.1 Å². The lowest BCUT2D eigenvalue weighted by Crippen LogP contribution is -2.41. The molecule has 2 nitrogen and oxygen atoms in total. The zero-order chi connectivity index (χ0) is 13.2. The van der Waals surface area contributed by atoms with Crippen LogP contribution in [0.3, 0.4) is 0 Å². The SMILES string of the molecule is CC(C)C1CCC(C)(Oc2cccc[n+]2F)CC1. The van der Waals surface area contributed by atoms with E-state index in [-0.39, 0.29) is 5.60 Å². The molecule has 0 aromatic carbocycles. The van der Waals surface area contributed by atoms with Crippen molar-refractivity contribution in [3.05, 3.63) is 24.4 Å². The number of hydrogen-bond donors (Lipinski definition) is 0. The number of aromatic nitrogens is 1. The van der Waals surface area contributed by atoms with E-state index >= 15 is 0 Å². The molecule has 0 radical (unpaired) electrons. The Bertz CT molecular complexity index is 397. The lowest BCUT2D eigenvalue weighted by molar-refractivity contribution is -0.847. The molecule has 18 heavy (non-hydrogen) atoms. The smallest absolute Gasteiger partial charge is 0.413 e. The van der Waals surface area contributed by atoms with Crippen molar-refractivity contribution in [1.82, 2.24) is 0 Å². The topological polar surface area (TPSA) is 13.1 Å². The summed E-state index contributed by atoms with van der Waals surface area (Å²) in [6.45, 7) is 6.65. The summed E-state index contributed by atoms with van der Waals surface area (Å²) in [6.07, 6.45) is 5.73. The molecule has 0 unspecified atom stereocenters. The van der Waals surface area contributed by atoms with E-state index in [0.29, 0.717) is 10.7 Å². The largest absolute Gasteiger partial charge is 0.435 e. The Morgan fingerprint density at radius 3 is 2.56 bits per heavy atom. The third-order valence-electron chi connectivity index (χ3n) is 4.16. The minimum absolute atomic E-state index is 0.222. The maximum absolute atomic E-state index is 13.5. The summed E-state index contributed by atoms with van der Waals surface area (Å²) < 4.78 is 19.4. The average Bonchev–Trinajstić information content (AvgIpc) is 2.32. The number of nitrogens with zero attached hydrogens (tertiary/aromatic N) is 1. The standard InChI is InChI=1S/C15H23FNO/c1-12(2)13-7-9-15(3,10-8-13)18-14-6-4-5-11-17(14)16/h4-6,11-13H,7-10H2,1-3H3/q+1. The third-order valence-corrected chi connectivity index (χ3v) is 4.16. The Labute approximate surface area is 109 Å². The number of halogens is 1. The van der Waals surface area contributed by atoms with E-state index in [1.807, 2.05) is 0 Å². The van der Waals surface area contributed by atoms with Crippen molar-refractivity contribution in [3.63, 3.8) is 0 Å². The summed E-state index contributed by atoms with van der Waals surface area (Å²) in [7, 11) is 0. The predicted octanol–water partition coefficient (Wildman–Crippen LogP) is 3.69.